The summed E-state index contributed by atoms with van der Waals surface area (Å²) in [6.45, 7) is 0. The summed E-state index contributed by atoms with van der Waals surface area (Å²) in [4.78, 5) is 0. The molecule has 0 spiro atoms. The number of nitriles is 1. The Labute approximate surface area is 100 Å². The van der Waals surface area contributed by atoms with Gasteiger partial charge in [0.2, 0.25) is 0 Å². The van der Waals surface area contributed by atoms with Gasteiger partial charge < -0.3 is 9.47 Å². The molecular weight excluding hydrogens is 214 g/mol. The van der Waals surface area contributed by atoms with E-state index in [1.807, 2.05) is 30.3 Å². The van der Waals surface area contributed by atoms with E-state index in [1.54, 1.807) is 14.2 Å². The van der Waals surface area contributed by atoms with Crippen molar-refractivity contribution >= 4 is 10.8 Å². The van der Waals surface area contributed by atoms with Crippen LogP contribution in [0.5, 0.6) is 11.5 Å². The van der Waals surface area contributed by atoms with Crippen LogP contribution in [0.4, 0.5) is 0 Å². The lowest BCUT2D eigenvalue weighted by atomic mass is 10.0. The molecule has 86 valence electrons. The predicted octanol–water partition coefficient (Wildman–Crippen LogP) is 2.92. The Bertz CT molecular complexity index is 585. The van der Waals surface area contributed by atoms with Crippen LogP contribution in [0.3, 0.4) is 0 Å². The molecule has 0 saturated heterocycles. The molecule has 0 aliphatic heterocycles. The summed E-state index contributed by atoms with van der Waals surface area (Å²) in [5, 5.41) is 11.0. The van der Waals surface area contributed by atoms with Gasteiger partial charge in [0.1, 0.15) is 0 Å². The summed E-state index contributed by atoms with van der Waals surface area (Å²) >= 11 is 0. The molecule has 3 nitrogen and oxygen atoms in total. The first-order chi connectivity index (χ1) is 8.31. The van der Waals surface area contributed by atoms with Gasteiger partial charge in [0, 0.05) is 5.56 Å². The van der Waals surface area contributed by atoms with E-state index < -0.39 is 0 Å². The minimum Gasteiger partial charge on any atom is -0.493 e. The van der Waals surface area contributed by atoms with Crippen LogP contribution in [0.25, 0.3) is 10.8 Å². The fraction of sp³-hybridized carbons (Fsp3) is 0.214. The summed E-state index contributed by atoms with van der Waals surface area (Å²) in [5.74, 6) is 1.31. The summed E-state index contributed by atoms with van der Waals surface area (Å²) in [5.41, 5.74) is 0.880. The van der Waals surface area contributed by atoms with Gasteiger partial charge >= 0.3 is 0 Å². The number of fused-ring (bicyclic) bond motifs is 1. The number of hydrogen-bond donors (Lipinski definition) is 0. The van der Waals surface area contributed by atoms with Crippen molar-refractivity contribution in [1.82, 2.24) is 0 Å². The van der Waals surface area contributed by atoms with Crippen molar-refractivity contribution in [3.8, 4) is 17.6 Å². The van der Waals surface area contributed by atoms with E-state index in [0.717, 1.165) is 16.3 Å². The standard InChI is InChI=1S/C14H13NO2/c1-16-13-9-10-5-3-4-6-11(10)12(7-8-15)14(13)17-2/h3-6,9H,7H2,1-2H3. The van der Waals surface area contributed by atoms with Gasteiger partial charge in [0.05, 0.1) is 26.7 Å². The zero-order valence-electron chi connectivity index (χ0n) is 9.86. The largest absolute Gasteiger partial charge is 0.493 e. The Kier molecular flexibility index (Phi) is 3.15. The molecule has 0 bridgehead atoms. The maximum atomic E-state index is 8.92. The first kappa shape index (κ1) is 11.3. The molecule has 0 heterocycles. The fourth-order valence-corrected chi connectivity index (χ4v) is 2.01. The molecule has 0 atom stereocenters. The lowest BCUT2D eigenvalue weighted by Gasteiger charge is -2.14. The van der Waals surface area contributed by atoms with Gasteiger partial charge in [-0.15, -0.1) is 0 Å². The van der Waals surface area contributed by atoms with Gasteiger partial charge in [-0.2, -0.15) is 5.26 Å². The van der Waals surface area contributed by atoms with E-state index in [4.69, 9.17) is 14.7 Å². The van der Waals surface area contributed by atoms with Crippen LogP contribution in [0.2, 0.25) is 0 Å². The van der Waals surface area contributed by atoms with Crippen molar-refractivity contribution < 1.29 is 9.47 Å². The highest BCUT2D eigenvalue weighted by atomic mass is 16.5. The van der Waals surface area contributed by atoms with Crippen molar-refractivity contribution in [3.63, 3.8) is 0 Å². The Morgan fingerprint density at radius 1 is 1.18 bits per heavy atom. The second-order valence-corrected chi connectivity index (χ2v) is 3.65. The second-order valence-electron chi connectivity index (χ2n) is 3.65. The molecule has 17 heavy (non-hydrogen) atoms. The molecule has 0 aromatic heterocycles. The highest BCUT2D eigenvalue weighted by molar-refractivity contribution is 5.90. The smallest absolute Gasteiger partial charge is 0.165 e. The number of rotatable bonds is 3. The lowest BCUT2D eigenvalue weighted by Crippen LogP contribution is -1.97. The van der Waals surface area contributed by atoms with Crippen LogP contribution >= 0.6 is 0 Å². The summed E-state index contributed by atoms with van der Waals surface area (Å²) in [6, 6.07) is 12.0. The topological polar surface area (TPSA) is 42.2 Å². The molecule has 0 unspecified atom stereocenters. The molecule has 2 rings (SSSR count). The zero-order valence-corrected chi connectivity index (χ0v) is 9.86. The minimum absolute atomic E-state index is 0.306. The van der Waals surface area contributed by atoms with Crippen LogP contribution < -0.4 is 9.47 Å². The molecule has 2 aromatic rings. The van der Waals surface area contributed by atoms with Crippen LogP contribution in [-0.2, 0) is 6.42 Å². The monoisotopic (exact) mass is 227 g/mol. The SMILES string of the molecule is COc1cc2ccccc2c(CC#N)c1OC. The molecule has 0 radical (unpaired) electrons. The molecule has 0 amide bonds. The van der Waals surface area contributed by atoms with Crippen molar-refractivity contribution in [3.05, 3.63) is 35.9 Å². The maximum absolute atomic E-state index is 8.92. The number of methoxy groups -OCH3 is 2. The average Bonchev–Trinajstić information content (AvgIpc) is 2.38. The van der Waals surface area contributed by atoms with E-state index >= 15 is 0 Å². The average molecular weight is 227 g/mol. The third kappa shape index (κ3) is 1.90. The molecular formula is C14H13NO2. The van der Waals surface area contributed by atoms with Crippen LogP contribution in [0.1, 0.15) is 5.56 Å². The van der Waals surface area contributed by atoms with E-state index in [-0.39, 0.29) is 0 Å². The highest BCUT2D eigenvalue weighted by Gasteiger charge is 2.14. The maximum Gasteiger partial charge on any atom is 0.165 e. The molecule has 2 aromatic carbocycles. The van der Waals surface area contributed by atoms with Gasteiger partial charge in [-0.25, -0.2) is 0 Å². The molecule has 3 heteroatoms. The van der Waals surface area contributed by atoms with Gasteiger partial charge in [-0.05, 0) is 16.8 Å². The third-order valence-corrected chi connectivity index (χ3v) is 2.75. The van der Waals surface area contributed by atoms with E-state index in [9.17, 15) is 0 Å². The number of ether oxygens (including phenoxy) is 2. The van der Waals surface area contributed by atoms with Crippen LogP contribution in [-0.4, -0.2) is 14.2 Å². The number of hydrogen-bond acceptors (Lipinski definition) is 3. The first-order valence-electron chi connectivity index (χ1n) is 5.31. The molecule has 0 N–H and O–H groups in total. The second kappa shape index (κ2) is 4.75. The predicted molar refractivity (Wildman–Crippen MR) is 66.4 cm³/mol. The Morgan fingerprint density at radius 2 is 1.94 bits per heavy atom. The minimum atomic E-state index is 0.306. The van der Waals surface area contributed by atoms with Crippen molar-refractivity contribution in [2.45, 2.75) is 6.42 Å². The Balaban J connectivity index is 2.81. The summed E-state index contributed by atoms with van der Waals surface area (Å²) in [6.07, 6.45) is 0.306. The summed E-state index contributed by atoms with van der Waals surface area (Å²) < 4.78 is 10.6. The van der Waals surface area contributed by atoms with Gasteiger partial charge in [0.25, 0.3) is 0 Å². The Hall–Kier alpha value is -2.21. The quantitative estimate of drug-likeness (QED) is 0.809. The third-order valence-electron chi connectivity index (χ3n) is 2.75. The van der Waals surface area contributed by atoms with E-state index in [2.05, 4.69) is 6.07 Å². The number of benzene rings is 2. The lowest BCUT2D eigenvalue weighted by molar-refractivity contribution is 0.353. The molecule has 0 saturated carbocycles. The Morgan fingerprint density at radius 3 is 2.59 bits per heavy atom. The first-order valence-corrected chi connectivity index (χ1v) is 5.31. The van der Waals surface area contributed by atoms with Crippen LogP contribution in [0, 0.1) is 11.3 Å². The molecule has 0 aliphatic carbocycles. The van der Waals surface area contributed by atoms with E-state index in [0.29, 0.717) is 17.9 Å². The molecule has 0 fully saturated rings. The van der Waals surface area contributed by atoms with Crippen molar-refractivity contribution in [1.29, 1.82) is 5.26 Å². The normalized spacial score (nSPS) is 9.94. The van der Waals surface area contributed by atoms with Crippen molar-refractivity contribution in [2.24, 2.45) is 0 Å². The van der Waals surface area contributed by atoms with Gasteiger partial charge in [0.15, 0.2) is 11.5 Å². The van der Waals surface area contributed by atoms with Gasteiger partial charge in [-0.3, -0.25) is 0 Å². The van der Waals surface area contributed by atoms with Crippen molar-refractivity contribution in [2.75, 3.05) is 14.2 Å². The van der Waals surface area contributed by atoms with Gasteiger partial charge in [-0.1, -0.05) is 24.3 Å². The zero-order chi connectivity index (χ0) is 12.3. The van der Waals surface area contributed by atoms with Crippen LogP contribution in [0.15, 0.2) is 30.3 Å². The fourth-order valence-electron chi connectivity index (χ4n) is 2.01. The summed E-state index contributed by atoms with van der Waals surface area (Å²) in [7, 11) is 3.19. The highest BCUT2D eigenvalue weighted by Crippen LogP contribution is 2.37. The van der Waals surface area contributed by atoms with E-state index in [1.165, 1.54) is 0 Å². The molecule has 0 aliphatic rings. The number of nitrogens with zero attached hydrogens (tertiary/aromatic N) is 1.